The van der Waals surface area contributed by atoms with E-state index in [2.05, 4.69) is 20.2 Å². The number of carbonyl (C=O) groups excluding carboxylic acids is 1. The molecule has 1 aromatic heterocycles. The second kappa shape index (κ2) is 12.3. The minimum absolute atomic E-state index is 0.00141. The zero-order valence-corrected chi connectivity index (χ0v) is 22.2. The zero-order valence-electron chi connectivity index (χ0n) is 21.4. The number of piperidine rings is 1. The number of benzene rings is 3. The molecule has 0 aliphatic carbocycles. The molecule has 10 heteroatoms. The first-order chi connectivity index (χ1) is 19.0. The fraction of sp³-hybridized carbons (Fsp3) is 0.276. The van der Waals surface area contributed by atoms with Crippen molar-refractivity contribution in [1.82, 2.24) is 14.9 Å². The molecular formula is C29H28ClFN4O4. The Hall–Kier alpha value is -3.95. The number of likely N-dealkylation sites (tertiary alicyclic amines) is 1. The summed E-state index contributed by atoms with van der Waals surface area (Å²) in [6.45, 7) is 1.98. The SMILES string of the molecule is COC(=O)CN1CCC(Oc2cccc3ncnc(Nc4ccc(OCc5cccc(F)c5)c(Cl)c4)c23)CC1. The average Bonchev–Trinajstić information content (AvgIpc) is 2.94. The van der Waals surface area contributed by atoms with Crippen LogP contribution < -0.4 is 14.8 Å². The van der Waals surface area contributed by atoms with Crippen molar-refractivity contribution >= 4 is 40.0 Å². The lowest BCUT2D eigenvalue weighted by Crippen LogP contribution is -2.41. The van der Waals surface area contributed by atoms with E-state index in [1.54, 1.807) is 24.3 Å². The molecule has 1 fully saturated rings. The van der Waals surface area contributed by atoms with Crippen LogP contribution in [0.1, 0.15) is 18.4 Å². The number of aromatic nitrogens is 2. The number of carbonyl (C=O) groups is 1. The average molecular weight is 551 g/mol. The maximum Gasteiger partial charge on any atom is 0.319 e. The third-order valence-electron chi connectivity index (χ3n) is 6.51. The van der Waals surface area contributed by atoms with Gasteiger partial charge in [-0.25, -0.2) is 14.4 Å². The van der Waals surface area contributed by atoms with Gasteiger partial charge >= 0.3 is 5.97 Å². The number of anilines is 2. The highest BCUT2D eigenvalue weighted by Crippen LogP contribution is 2.35. The van der Waals surface area contributed by atoms with Crippen LogP contribution in [0.5, 0.6) is 11.5 Å². The minimum Gasteiger partial charge on any atom is -0.489 e. The van der Waals surface area contributed by atoms with Crippen LogP contribution in [0.15, 0.2) is 67.0 Å². The van der Waals surface area contributed by atoms with E-state index in [1.807, 2.05) is 24.3 Å². The monoisotopic (exact) mass is 550 g/mol. The van der Waals surface area contributed by atoms with Crippen LogP contribution in [0.2, 0.25) is 5.02 Å². The van der Waals surface area contributed by atoms with Crippen molar-refractivity contribution in [3.8, 4) is 11.5 Å². The zero-order chi connectivity index (χ0) is 27.2. The largest absolute Gasteiger partial charge is 0.489 e. The van der Waals surface area contributed by atoms with E-state index in [-0.39, 0.29) is 31.0 Å². The van der Waals surface area contributed by atoms with E-state index in [0.29, 0.717) is 33.6 Å². The molecule has 0 radical (unpaired) electrons. The summed E-state index contributed by atoms with van der Waals surface area (Å²) in [5, 5.41) is 4.50. The summed E-state index contributed by atoms with van der Waals surface area (Å²) >= 11 is 6.49. The van der Waals surface area contributed by atoms with Gasteiger partial charge in [-0.3, -0.25) is 9.69 Å². The summed E-state index contributed by atoms with van der Waals surface area (Å²) in [6, 6.07) is 17.3. The number of nitrogens with zero attached hydrogens (tertiary/aromatic N) is 3. The van der Waals surface area contributed by atoms with Crippen LogP contribution >= 0.6 is 11.6 Å². The van der Waals surface area contributed by atoms with Crippen molar-refractivity contribution in [3.63, 3.8) is 0 Å². The molecule has 5 rings (SSSR count). The lowest BCUT2D eigenvalue weighted by Gasteiger charge is -2.31. The Balaban J connectivity index is 1.29. The standard InChI is InChI=1S/C29H28ClFN4O4/c1-37-27(36)16-35-12-10-22(11-13-35)39-26-7-3-6-24-28(26)29(33-18-32-24)34-21-8-9-25(23(30)15-21)38-17-19-4-2-5-20(31)14-19/h2-9,14-15,18,22H,10-13,16-17H2,1H3,(H,32,33,34). The normalized spacial score (nSPS) is 14.2. The molecular weight excluding hydrogens is 523 g/mol. The number of rotatable bonds is 9. The van der Waals surface area contributed by atoms with E-state index in [4.69, 9.17) is 25.8 Å². The van der Waals surface area contributed by atoms with Crippen molar-refractivity contribution in [3.05, 3.63) is 83.4 Å². The first-order valence-corrected chi connectivity index (χ1v) is 13.0. The van der Waals surface area contributed by atoms with Gasteiger partial charge < -0.3 is 19.5 Å². The molecule has 8 nitrogen and oxygen atoms in total. The van der Waals surface area contributed by atoms with E-state index in [0.717, 1.165) is 36.8 Å². The Morgan fingerprint density at radius 2 is 1.90 bits per heavy atom. The second-order valence-electron chi connectivity index (χ2n) is 9.23. The van der Waals surface area contributed by atoms with Gasteiger partial charge in [0.2, 0.25) is 0 Å². The Morgan fingerprint density at radius 1 is 1.08 bits per heavy atom. The van der Waals surface area contributed by atoms with Crippen molar-refractivity contribution in [2.24, 2.45) is 0 Å². The van der Waals surface area contributed by atoms with Crippen molar-refractivity contribution in [1.29, 1.82) is 0 Å². The summed E-state index contributed by atoms with van der Waals surface area (Å²) in [5.74, 6) is 1.21. The van der Waals surface area contributed by atoms with Gasteiger partial charge in [-0.05, 0) is 60.9 Å². The maximum absolute atomic E-state index is 13.4. The quantitative estimate of drug-likeness (QED) is 0.263. The molecule has 1 aliphatic heterocycles. The lowest BCUT2D eigenvalue weighted by molar-refractivity contribution is -0.142. The smallest absolute Gasteiger partial charge is 0.319 e. The summed E-state index contributed by atoms with van der Waals surface area (Å²) < 4.78 is 30.4. The topological polar surface area (TPSA) is 85.8 Å². The molecule has 2 heterocycles. The molecule has 0 spiro atoms. The number of hydrogen-bond acceptors (Lipinski definition) is 8. The molecule has 1 N–H and O–H groups in total. The highest BCUT2D eigenvalue weighted by molar-refractivity contribution is 6.32. The van der Waals surface area contributed by atoms with Gasteiger partial charge in [0.15, 0.2) is 0 Å². The highest BCUT2D eigenvalue weighted by Gasteiger charge is 2.23. The Morgan fingerprint density at radius 3 is 2.67 bits per heavy atom. The molecule has 1 aliphatic rings. The van der Waals surface area contributed by atoms with E-state index >= 15 is 0 Å². The van der Waals surface area contributed by atoms with Gasteiger partial charge in [0.1, 0.15) is 42.2 Å². The first-order valence-electron chi connectivity index (χ1n) is 12.6. The van der Waals surface area contributed by atoms with Gasteiger partial charge in [-0.15, -0.1) is 0 Å². The van der Waals surface area contributed by atoms with Crippen LogP contribution in [0.3, 0.4) is 0 Å². The predicted octanol–water partition coefficient (Wildman–Crippen LogP) is 5.76. The lowest BCUT2D eigenvalue weighted by atomic mass is 10.1. The first kappa shape index (κ1) is 26.6. The number of fused-ring (bicyclic) bond motifs is 1. The summed E-state index contributed by atoms with van der Waals surface area (Å²) in [4.78, 5) is 22.5. The number of hydrogen-bond donors (Lipinski definition) is 1. The molecule has 0 saturated carbocycles. The van der Waals surface area contributed by atoms with Crippen molar-refractivity contribution < 1.29 is 23.4 Å². The van der Waals surface area contributed by atoms with Crippen LogP contribution in [0.25, 0.3) is 10.9 Å². The molecule has 0 amide bonds. The third-order valence-corrected chi connectivity index (χ3v) is 6.81. The van der Waals surface area contributed by atoms with Crippen LogP contribution in [0, 0.1) is 5.82 Å². The van der Waals surface area contributed by atoms with Gasteiger partial charge in [-0.2, -0.15) is 0 Å². The van der Waals surface area contributed by atoms with Gasteiger partial charge in [-0.1, -0.05) is 29.8 Å². The molecule has 0 atom stereocenters. The van der Waals surface area contributed by atoms with Gasteiger partial charge in [0.05, 0.1) is 29.6 Å². The number of methoxy groups -OCH3 is 1. The van der Waals surface area contributed by atoms with E-state index in [1.165, 1.54) is 25.6 Å². The van der Waals surface area contributed by atoms with Crippen molar-refractivity contribution in [2.75, 3.05) is 32.1 Å². The summed E-state index contributed by atoms with van der Waals surface area (Å²) in [5.41, 5.74) is 2.17. The van der Waals surface area contributed by atoms with Gasteiger partial charge in [0.25, 0.3) is 0 Å². The van der Waals surface area contributed by atoms with Crippen LogP contribution in [-0.4, -0.2) is 53.7 Å². The number of nitrogens with one attached hydrogen (secondary N) is 1. The molecule has 1 saturated heterocycles. The summed E-state index contributed by atoms with van der Waals surface area (Å²) in [7, 11) is 1.40. The molecule has 0 unspecified atom stereocenters. The van der Waals surface area contributed by atoms with E-state index in [9.17, 15) is 9.18 Å². The minimum atomic E-state index is -0.314. The Labute approximate surface area is 230 Å². The molecule has 0 bridgehead atoms. The number of halogens is 2. The predicted molar refractivity (Wildman–Crippen MR) is 147 cm³/mol. The fourth-order valence-corrected chi connectivity index (χ4v) is 4.74. The van der Waals surface area contributed by atoms with E-state index < -0.39 is 0 Å². The van der Waals surface area contributed by atoms with Crippen LogP contribution in [0.4, 0.5) is 15.9 Å². The van der Waals surface area contributed by atoms with Crippen LogP contribution in [-0.2, 0) is 16.1 Å². The molecule has 39 heavy (non-hydrogen) atoms. The molecule has 202 valence electrons. The Bertz CT molecular complexity index is 1460. The van der Waals surface area contributed by atoms with Gasteiger partial charge in [0, 0.05) is 18.8 Å². The maximum atomic E-state index is 13.4. The number of esters is 1. The number of ether oxygens (including phenoxy) is 3. The highest BCUT2D eigenvalue weighted by atomic mass is 35.5. The summed E-state index contributed by atoms with van der Waals surface area (Å²) in [6.07, 6.45) is 3.08. The second-order valence-corrected chi connectivity index (χ2v) is 9.64. The molecule has 4 aromatic rings. The van der Waals surface area contributed by atoms with Crippen molar-refractivity contribution in [2.45, 2.75) is 25.6 Å². The molecule has 3 aromatic carbocycles. The Kier molecular flexibility index (Phi) is 8.39. The fourth-order valence-electron chi connectivity index (χ4n) is 4.50. The third kappa shape index (κ3) is 6.74.